The maximum absolute atomic E-state index is 12.4. The molecule has 0 saturated heterocycles. The molecule has 0 unspecified atom stereocenters. The molecule has 0 aliphatic rings. The molecule has 0 aliphatic carbocycles. The van der Waals surface area contributed by atoms with Crippen LogP contribution in [-0.2, 0) is 24.8 Å². The van der Waals surface area contributed by atoms with E-state index in [1.54, 1.807) is 7.11 Å². The van der Waals surface area contributed by atoms with E-state index in [1.807, 2.05) is 0 Å². The minimum Gasteiger partial charge on any atom is -0.383 e. The first kappa shape index (κ1) is 20.0. The topological polar surface area (TPSA) is 105 Å². The second-order valence-electron chi connectivity index (χ2n) is 4.87. The summed E-state index contributed by atoms with van der Waals surface area (Å²) < 4.78 is 57.5. The van der Waals surface area contributed by atoms with Gasteiger partial charge in [-0.05, 0) is 12.1 Å². The predicted octanol–water partition coefficient (Wildman–Crippen LogP) is -0.549. The molecule has 0 fully saturated rings. The SMILES string of the molecule is COCCNCCNS(=O)(=O)c1ccccc1S(=O)(=O)N(C)C. The van der Waals surface area contributed by atoms with Gasteiger partial charge < -0.3 is 10.1 Å². The van der Waals surface area contributed by atoms with E-state index in [0.717, 1.165) is 4.31 Å². The number of hydrogen-bond acceptors (Lipinski definition) is 6. The van der Waals surface area contributed by atoms with Crippen LogP contribution in [0.4, 0.5) is 0 Å². The average Bonchev–Trinajstić information content (AvgIpc) is 2.50. The number of benzene rings is 1. The van der Waals surface area contributed by atoms with Gasteiger partial charge in [0.05, 0.1) is 6.61 Å². The van der Waals surface area contributed by atoms with Crippen LogP contribution in [0.1, 0.15) is 0 Å². The lowest BCUT2D eigenvalue weighted by Crippen LogP contribution is -2.34. The molecule has 0 radical (unpaired) electrons. The minimum atomic E-state index is -3.93. The Morgan fingerprint density at radius 2 is 1.61 bits per heavy atom. The molecule has 8 nitrogen and oxygen atoms in total. The quantitative estimate of drug-likeness (QED) is 0.539. The molecular formula is C13H23N3O5S2. The van der Waals surface area contributed by atoms with Gasteiger partial charge in [-0.15, -0.1) is 0 Å². The van der Waals surface area contributed by atoms with Crippen LogP contribution >= 0.6 is 0 Å². The molecule has 23 heavy (non-hydrogen) atoms. The summed E-state index contributed by atoms with van der Waals surface area (Å²) in [6.07, 6.45) is 0. The van der Waals surface area contributed by atoms with Crippen molar-refractivity contribution in [3.05, 3.63) is 24.3 Å². The Balaban J connectivity index is 2.89. The van der Waals surface area contributed by atoms with E-state index >= 15 is 0 Å². The van der Waals surface area contributed by atoms with Crippen LogP contribution in [0.5, 0.6) is 0 Å². The van der Waals surface area contributed by atoms with Gasteiger partial charge in [-0.25, -0.2) is 25.9 Å². The third kappa shape index (κ3) is 5.52. The van der Waals surface area contributed by atoms with Gasteiger partial charge in [0.1, 0.15) is 9.79 Å². The van der Waals surface area contributed by atoms with Gasteiger partial charge >= 0.3 is 0 Å². The third-order valence-electron chi connectivity index (χ3n) is 2.97. The highest BCUT2D eigenvalue weighted by atomic mass is 32.2. The number of ether oxygens (including phenoxy) is 1. The van der Waals surface area contributed by atoms with Crippen molar-refractivity contribution in [3.8, 4) is 0 Å². The Morgan fingerprint density at radius 3 is 2.17 bits per heavy atom. The number of methoxy groups -OCH3 is 1. The summed E-state index contributed by atoms with van der Waals surface area (Å²) in [5.74, 6) is 0. The van der Waals surface area contributed by atoms with Crippen LogP contribution in [0.25, 0.3) is 0 Å². The van der Waals surface area contributed by atoms with Crippen LogP contribution in [-0.4, -0.2) is 68.6 Å². The first-order valence-electron chi connectivity index (χ1n) is 6.94. The van der Waals surface area contributed by atoms with Gasteiger partial charge in [0.2, 0.25) is 20.0 Å². The van der Waals surface area contributed by atoms with Crippen molar-refractivity contribution < 1.29 is 21.6 Å². The Kier molecular flexibility index (Phi) is 7.58. The van der Waals surface area contributed by atoms with Crippen molar-refractivity contribution in [1.29, 1.82) is 0 Å². The molecule has 10 heteroatoms. The lowest BCUT2D eigenvalue weighted by molar-refractivity contribution is 0.199. The Hall–Kier alpha value is -1.04. The lowest BCUT2D eigenvalue weighted by Gasteiger charge is -2.15. The molecule has 0 aromatic heterocycles. The van der Waals surface area contributed by atoms with E-state index in [4.69, 9.17) is 4.74 Å². The number of hydrogen-bond donors (Lipinski definition) is 2. The zero-order valence-electron chi connectivity index (χ0n) is 13.4. The standard InChI is InChI=1S/C13H23N3O5S2/c1-16(2)23(19,20)13-7-5-4-6-12(13)22(17,18)15-9-8-14-10-11-21-3/h4-7,14-15H,8-11H2,1-3H3. The largest absolute Gasteiger partial charge is 0.383 e. The lowest BCUT2D eigenvalue weighted by atomic mass is 10.4. The number of sulfonamides is 2. The summed E-state index contributed by atoms with van der Waals surface area (Å²) >= 11 is 0. The molecule has 0 aliphatic heterocycles. The second-order valence-corrected chi connectivity index (χ2v) is 8.73. The van der Waals surface area contributed by atoms with Gasteiger partial charge in [-0.3, -0.25) is 0 Å². The Morgan fingerprint density at radius 1 is 1.00 bits per heavy atom. The van der Waals surface area contributed by atoms with Crippen LogP contribution < -0.4 is 10.0 Å². The second kappa shape index (κ2) is 8.71. The third-order valence-corrected chi connectivity index (χ3v) is 6.50. The van der Waals surface area contributed by atoms with Gasteiger partial charge in [-0.1, -0.05) is 12.1 Å². The maximum Gasteiger partial charge on any atom is 0.243 e. The van der Waals surface area contributed by atoms with Gasteiger partial charge in [0.25, 0.3) is 0 Å². The molecule has 1 aromatic rings. The monoisotopic (exact) mass is 365 g/mol. The normalized spacial score (nSPS) is 12.7. The summed E-state index contributed by atoms with van der Waals surface area (Å²) in [7, 11) is -3.50. The van der Waals surface area contributed by atoms with Crippen LogP contribution in [0.3, 0.4) is 0 Å². The zero-order chi connectivity index (χ0) is 17.5. The highest BCUT2D eigenvalue weighted by Crippen LogP contribution is 2.22. The molecule has 0 saturated carbocycles. The minimum absolute atomic E-state index is 0.141. The first-order valence-corrected chi connectivity index (χ1v) is 9.86. The highest BCUT2D eigenvalue weighted by Gasteiger charge is 2.27. The molecule has 0 heterocycles. The predicted molar refractivity (Wildman–Crippen MR) is 87.2 cm³/mol. The molecular weight excluding hydrogens is 342 g/mol. The Labute approximate surface area is 137 Å². The fourth-order valence-electron chi connectivity index (χ4n) is 1.73. The molecule has 132 valence electrons. The van der Waals surface area contributed by atoms with E-state index in [-0.39, 0.29) is 16.3 Å². The summed E-state index contributed by atoms with van der Waals surface area (Å²) in [5, 5.41) is 3.00. The van der Waals surface area contributed by atoms with Crippen molar-refractivity contribution in [2.45, 2.75) is 9.79 Å². The number of nitrogens with one attached hydrogen (secondary N) is 2. The summed E-state index contributed by atoms with van der Waals surface area (Å²) in [6.45, 7) is 1.67. The van der Waals surface area contributed by atoms with Crippen molar-refractivity contribution in [2.24, 2.45) is 0 Å². The fourth-order valence-corrected chi connectivity index (χ4v) is 4.46. The molecule has 0 atom stereocenters. The van der Waals surface area contributed by atoms with E-state index in [1.165, 1.54) is 38.4 Å². The highest BCUT2D eigenvalue weighted by molar-refractivity contribution is 7.92. The van der Waals surface area contributed by atoms with Crippen molar-refractivity contribution in [2.75, 3.05) is 47.4 Å². The first-order chi connectivity index (χ1) is 10.7. The molecule has 1 rings (SSSR count). The van der Waals surface area contributed by atoms with Crippen molar-refractivity contribution in [1.82, 2.24) is 14.3 Å². The summed E-state index contributed by atoms with van der Waals surface area (Å²) in [4.78, 5) is -0.504. The summed E-state index contributed by atoms with van der Waals surface area (Å²) in [6, 6.07) is 5.53. The van der Waals surface area contributed by atoms with Gasteiger partial charge in [-0.2, -0.15) is 0 Å². The van der Waals surface area contributed by atoms with E-state index < -0.39 is 20.0 Å². The fraction of sp³-hybridized carbons (Fsp3) is 0.538. The number of rotatable bonds is 10. The molecule has 0 amide bonds. The molecule has 0 spiro atoms. The molecule has 1 aromatic carbocycles. The van der Waals surface area contributed by atoms with Crippen LogP contribution in [0, 0.1) is 0 Å². The Bertz CT molecular complexity index is 702. The van der Waals surface area contributed by atoms with Crippen molar-refractivity contribution in [3.63, 3.8) is 0 Å². The van der Waals surface area contributed by atoms with Crippen molar-refractivity contribution >= 4 is 20.0 Å². The van der Waals surface area contributed by atoms with E-state index in [2.05, 4.69) is 10.0 Å². The smallest absolute Gasteiger partial charge is 0.243 e. The molecule has 0 bridgehead atoms. The number of nitrogens with zero attached hydrogens (tertiary/aromatic N) is 1. The molecule has 2 N–H and O–H groups in total. The van der Waals surface area contributed by atoms with E-state index in [0.29, 0.717) is 19.7 Å². The van der Waals surface area contributed by atoms with Gasteiger partial charge in [0, 0.05) is 40.8 Å². The van der Waals surface area contributed by atoms with Crippen LogP contribution in [0.15, 0.2) is 34.1 Å². The van der Waals surface area contributed by atoms with E-state index in [9.17, 15) is 16.8 Å². The maximum atomic E-state index is 12.4. The average molecular weight is 365 g/mol. The zero-order valence-corrected chi connectivity index (χ0v) is 15.1. The van der Waals surface area contributed by atoms with Crippen LogP contribution in [0.2, 0.25) is 0 Å². The summed E-state index contributed by atoms with van der Waals surface area (Å²) in [5.41, 5.74) is 0. The van der Waals surface area contributed by atoms with Gasteiger partial charge in [0.15, 0.2) is 0 Å².